The molecule has 3 aliphatic rings. The predicted molar refractivity (Wildman–Crippen MR) is 162 cm³/mol. The van der Waals surface area contributed by atoms with Gasteiger partial charge in [-0.3, -0.25) is 4.79 Å². The average molecular weight is 699 g/mol. The third kappa shape index (κ3) is 7.34. The summed E-state index contributed by atoms with van der Waals surface area (Å²) in [6, 6.07) is 8.90. The third-order valence-corrected chi connectivity index (χ3v) is 9.06. The lowest BCUT2D eigenvalue weighted by Gasteiger charge is -2.39. The summed E-state index contributed by atoms with van der Waals surface area (Å²) in [6.07, 6.45) is -15.7. The minimum absolute atomic E-state index is 0.0361. The Hall–Kier alpha value is -3.17. The van der Waals surface area contributed by atoms with Gasteiger partial charge in [0, 0.05) is 18.1 Å². The van der Waals surface area contributed by atoms with Crippen LogP contribution in [-0.2, 0) is 14.2 Å². The normalized spacial score (nSPS) is 36.3. The molecule has 5 rings (SSSR count). The van der Waals surface area contributed by atoms with Crippen LogP contribution in [0.5, 0.6) is 23.0 Å². The number of hydrogen-bond acceptors (Lipinski definition) is 17. The molecule has 17 heteroatoms. The van der Waals surface area contributed by atoms with Gasteiger partial charge in [0.15, 0.2) is 28.8 Å². The Morgan fingerprint density at radius 1 is 0.673 bits per heavy atom. The molecule has 0 aromatic heterocycles. The van der Waals surface area contributed by atoms with E-state index in [0.29, 0.717) is 5.56 Å². The van der Waals surface area contributed by atoms with Crippen molar-refractivity contribution in [3.63, 3.8) is 0 Å². The number of carbonyl (C=O) groups is 1. The molecule has 3 fully saturated rings. The van der Waals surface area contributed by atoms with Gasteiger partial charge >= 0.3 is 0 Å². The lowest BCUT2D eigenvalue weighted by atomic mass is 9.83. The fraction of sp³-hybridized carbons (Fsp3) is 0.594. The standard InChI is InChI=1S/C32H42O17/c1-43-19-7-13(3-5-17(19)46-31-28(41)26(39)24(37)21(10-34)48-31)23(36)16-12-45-30(15(16)9-33)14-4-6-18(20(8-14)44-2)47-32-29(42)27(40)25(38)22(11-35)49-32/h3-8,15-16,21-22,24-35,37-42H,9-12H2,1-2H3. The van der Waals surface area contributed by atoms with Gasteiger partial charge in [-0.05, 0) is 35.9 Å². The van der Waals surface area contributed by atoms with Crippen molar-refractivity contribution in [2.24, 2.45) is 11.8 Å². The predicted octanol–water partition coefficient (Wildman–Crippen LogP) is -2.76. The summed E-state index contributed by atoms with van der Waals surface area (Å²) >= 11 is 0. The highest BCUT2D eigenvalue weighted by molar-refractivity contribution is 5.99. The zero-order chi connectivity index (χ0) is 35.6. The highest BCUT2D eigenvalue weighted by atomic mass is 16.7. The summed E-state index contributed by atoms with van der Waals surface area (Å²) in [6.45, 7) is -1.72. The molecule has 0 bridgehead atoms. The second kappa shape index (κ2) is 15.8. The van der Waals surface area contributed by atoms with Crippen molar-refractivity contribution in [3.05, 3.63) is 47.5 Å². The Bertz CT molecular complexity index is 1420. The van der Waals surface area contributed by atoms with Crippen LogP contribution in [0.15, 0.2) is 36.4 Å². The summed E-state index contributed by atoms with van der Waals surface area (Å²) in [4.78, 5) is 13.7. The van der Waals surface area contributed by atoms with Crippen LogP contribution in [-0.4, -0.2) is 154 Å². The largest absolute Gasteiger partial charge is 0.493 e. The molecule has 0 amide bonds. The van der Waals surface area contributed by atoms with Crippen molar-refractivity contribution in [1.29, 1.82) is 0 Å². The molecule has 0 aliphatic carbocycles. The zero-order valence-electron chi connectivity index (χ0n) is 26.6. The van der Waals surface area contributed by atoms with Crippen molar-refractivity contribution in [2.45, 2.75) is 67.5 Å². The van der Waals surface area contributed by atoms with Gasteiger partial charge in [0.2, 0.25) is 12.6 Å². The van der Waals surface area contributed by atoms with Crippen molar-refractivity contribution in [2.75, 3.05) is 40.6 Å². The first-order valence-electron chi connectivity index (χ1n) is 15.5. The fourth-order valence-corrected chi connectivity index (χ4v) is 6.17. The summed E-state index contributed by atoms with van der Waals surface area (Å²) in [5.41, 5.74) is 0.736. The number of Topliss-reactive ketones (excluding diaryl/α,β-unsaturated/α-hetero) is 1. The van der Waals surface area contributed by atoms with Crippen molar-refractivity contribution < 1.29 is 83.9 Å². The van der Waals surface area contributed by atoms with Crippen LogP contribution >= 0.6 is 0 Å². The maximum atomic E-state index is 13.7. The molecular weight excluding hydrogens is 656 g/mol. The van der Waals surface area contributed by atoms with E-state index in [9.17, 15) is 50.8 Å². The van der Waals surface area contributed by atoms with E-state index in [4.69, 9.17) is 33.2 Å². The summed E-state index contributed by atoms with van der Waals surface area (Å²) in [5.74, 6) is -1.45. The monoisotopic (exact) mass is 698 g/mol. The minimum Gasteiger partial charge on any atom is -0.493 e. The molecule has 2 aromatic rings. The molecule has 13 unspecified atom stereocenters. The SMILES string of the molecule is COc1cc(C(=O)C2COC(c3ccc(OC4OC(CO)C(O)C(O)C4O)c(OC)c3)C2CO)ccc1OC1OC(CO)C(O)C(O)C1O. The van der Waals surface area contributed by atoms with E-state index in [1.54, 1.807) is 12.1 Å². The lowest BCUT2D eigenvalue weighted by molar-refractivity contribution is -0.277. The summed E-state index contributed by atoms with van der Waals surface area (Å²) < 4.78 is 39.1. The second-order valence-corrected chi connectivity index (χ2v) is 12.0. The molecule has 13 atom stereocenters. The quantitative estimate of drug-likeness (QED) is 0.102. The van der Waals surface area contributed by atoms with Crippen LogP contribution in [0.4, 0.5) is 0 Å². The minimum atomic E-state index is -1.66. The van der Waals surface area contributed by atoms with E-state index in [1.165, 1.54) is 38.5 Å². The smallest absolute Gasteiger partial charge is 0.229 e. The molecule has 272 valence electrons. The van der Waals surface area contributed by atoms with Gasteiger partial charge in [-0.1, -0.05) is 6.07 Å². The van der Waals surface area contributed by atoms with Crippen LogP contribution < -0.4 is 18.9 Å². The lowest BCUT2D eigenvalue weighted by Crippen LogP contribution is -2.60. The van der Waals surface area contributed by atoms with Crippen molar-refractivity contribution in [1.82, 2.24) is 0 Å². The number of methoxy groups -OCH3 is 2. The first-order valence-corrected chi connectivity index (χ1v) is 15.5. The number of rotatable bonds is 12. The van der Waals surface area contributed by atoms with Crippen molar-refractivity contribution >= 4 is 5.78 Å². The Morgan fingerprint density at radius 3 is 1.67 bits per heavy atom. The highest BCUT2D eigenvalue weighted by Gasteiger charge is 2.47. The summed E-state index contributed by atoms with van der Waals surface area (Å²) in [7, 11) is 2.69. The van der Waals surface area contributed by atoms with Gasteiger partial charge in [0.1, 0.15) is 48.8 Å². The Balaban J connectivity index is 1.30. The number of ether oxygens (including phenoxy) is 7. The topological polar surface area (TPSA) is 264 Å². The molecule has 0 spiro atoms. The molecule has 3 saturated heterocycles. The Kier molecular flexibility index (Phi) is 12.0. The van der Waals surface area contributed by atoms with E-state index < -0.39 is 99.2 Å². The van der Waals surface area contributed by atoms with E-state index in [1.807, 2.05) is 0 Å². The second-order valence-electron chi connectivity index (χ2n) is 12.0. The van der Waals surface area contributed by atoms with Gasteiger partial charge in [-0.25, -0.2) is 0 Å². The van der Waals surface area contributed by atoms with Crippen LogP contribution in [0.1, 0.15) is 22.0 Å². The molecule has 3 heterocycles. The van der Waals surface area contributed by atoms with Gasteiger partial charge in [0.05, 0.1) is 46.1 Å². The van der Waals surface area contributed by atoms with E-state index in [0.717, 1.165) is 0 Å². The van der Waals surface area contributed by atoms with Gasteiger partial charge in [-0.2, -0.15) is 0 Å². The third-order valence-electron chi connectivity index (χ3n) is 9.06. The molecule has 49 heavy (non-hydrogen) atoms. The number of aliphatic hydroxyl groups is 9. The Morgan fingerprint density at radius 2 is 1.18 bits per heavy atom. The summed E-state index contributed by atoms with van der Waals surface area (Å²) in [5, 5.41) is 90.3. The van der Waals surface area contributed by atoms with Gasteiger partial charge < -0.3 is 79.1 Å². The molecule has 9 N–H and O–H groups in total. The van der Waals surface area contributed by atoms with E-state index >= 15 is 0 Å². The highest BCUT2D eigenvalue weighted by Crippen LogP contribution is 2.43. The van der Waals surface area contributed by atoms with E-state index in [2.05, 4.69) is 0 Å². The van der Waals surface area contributed by atoms with Gasteiger partial charge in [-0.15, -0.1) is 0 Å². The van der Waals surface area contributed by atoms with Crippen LogP contribution in [0.2, 0.25) is 0 Å². The molecule has 0 radical (unpaired) electrons. The molecule has 17 nitrogen and oxygen atoms in total. The van der Waals surface area contributed by atoms with E-state index in [-0.39, 0.29) is 41.0 Å². The van der Waals surface area contributed by atoms with Crippen molar-refractivity contribution in [3.8, 4) is 23.0 Å². The van der Waals surface area contributed by atoms with Crippen LogP contribution in [0.25, 0.3) is 0 Å². The van der Waals surface area contributed by atoms with Crippen LogP contribution in [0, 0.1) is 11.8 Å². The average Bonchev–Trinajstić information content (AvgIpc) is 3.56. The Labute approximate surface area is 280 Å². The molecular formula is C32H42O17. The first kappa shape index (κ1) is 37.1. The number of aliphatic hydroxyl groups excluding tert-OH is 9. The number of hydrogen-bond donors (Lipinski definition) is 9. The van der Waals surface area contributed by atoms with Gasteiger partial charge in [0.25, 0.3) is 0 Å². The number of carbonyl (C=O) groups excluding carboxylic acids is 1. The first-order chi connectivity index (χ1) is 23.5. The number of benzene rings is 2. The molecule has 2 aromatic carbocycles. The maximum Gasteiger partial charge on any atom is 0.229 e. The van der Waals surface area contributed by atoms with Crippen LogP contribution in [0.3, 0.4) is 0 Å². The molecule has 0 saturated carbocycles. The zero-order valence-corrected chi connectivity index (χ0v) is 26.6. The molecule has 3 aliphatic heterocycles. The maximum absolute atomic E-state index is 13.7. The fourth-order valence-electron chi connectivity index (χ4n) is 6.17. The number of ketones is 1.